The van der Waals surface area contributed by atoms with Gasteiger partial charge in [0.15, 0.2) is 0 Å². The summed E-state index contributed by atoms with van der Waals surface area (Å²) in [6.45, 7) is 2.39. The van der Waals surface area contributed by atoms with Crippen LogP contribution < -0.4 is 5.73 Å². The van der Waals surface area contributed by atoms with E-state index in [0.29, 0.717) is 17.5 Å². The fourth-order valence-electron chi connectivity index (χ4n) is 2.26. The predicted octanol–water partition coefficient (Wildman–Crippen LogP) is 1.59. The van der Waals surface area contributed by atoms with Crippen LogP contribution in [0.15, 0.2) is 18.2 Å². The summed E-state index contributed by atoms with van der Waals surface area (Å²) in [4.78, 5) is 2.26. The third kappa shape index (κ3) is 3.11. The Labute approximate surface area is 102 Å². The number of hydrogen-bond donors (Lipinski definition) is 2. The number of nitrogen functional groups attached to an aromatic ring is 1. The maximum Gasteiger partial charge on any atom is 0.120 e. The zero-order valence-corrected chi connectivity index (χ0v) is 10.2. The first-order valence-corrected chi connectivity index (χ1v) is 6.02. The van der Waals surface area contributed by atoms with Gasteiger partial charge in [-0.15, -0.1) is 0 Å². The Morgan fingerprint density at radius 3 is 2.82 bits per heavy atom. The van der Waals surface area contributed by atoms with Gasteiger partial charge >= 0.3 is 0 Å². The van der Waals surface area contributed by atoms with Crippen molar-refractivity contribution in [3.8, 4) is 5.75 Å². The third-order valence-electron chi connectivity index (χ3n) is 3.34. The molecule has 4 nitrogen and oxygen atoms in total. The van der Waals surface area contributed by atoms with Crippen molar-refractivity contribution in [3.63, 3.8) is 0 Å². The number of phenols is 1. The second-order valence-electron chi connectivity index (χ2n) is 4.65. The molecule has 1 aromatic carbocycles. The zero-order valence-electron chi connectivity index (χ0n) is 10.2. The van der Waals surface area contributed by atoms with Crippen LogP contribution in [0.1, 0.15) is 18.4 Å². The summed E-state index contributed by atoms with van der Waals surface area (Å²) >= 11 is 0. The number of nitrogens with two attached hydrogens (primary N) is 1. The van der Waals surface area contributed by atoms with E-state index in [4.69, 9.17) is 10.5 Å². The van der Waals surface area contributed by atoms with E-state index in [1.807, 2.05) is 6.07 Å². The molecule has 1 aliphatic heterocycles. The first kappa shape index (κ1) is 12.2. The van der Waals surface area contributed by atoms with Crippen molar-refractivity contribution in [2.45, 2.75) is 25.4 Å². The highest BCUT2D eigenvalue weighted by Gasteiger charge is 2.19. The number of anilines is 1. The maximum absolute atomic E-state index is 9.78. The second kappa shape index (κ2) is 5.38. The lowest BCUT2D eigenvalue weighted by molar-refractivity contribution is 0.0405. The number of phenolic OH excluding ortho intramolecular Hbond substituents is 1. The van der Waals surface area contributed by atoms with Crippen LogP contribution in [0.5, 0.6) is 5.75 Å². The Morgan fingerprint density at radius 1 is 1.41 bits per heavy atom. The normalized spacial score (nSPS) is 17.5. The van der Waals surface area contributed by atoms with E-state index in [9.17, 15) is 5.11 Å². The quantitative estimate of drug-likeness (QED) is 0.618. The van der Waals surface area contributed by atoms with Crippen LogP contribution in [-0.4, -0.2) is 36.3 Å². The molecule has 3 N–H and O–H groups in total. The summed E-state index contributed by atoms with van der Waals surface area (Å²) in [5, 5.41) is 9.78. The van der Waals surface area contributed by atoms with E-state index in [1.165, 1.54) is 0 Å². The van der Waals surface area contributed by atoms with Gasteiger partial charge in [-0.3, -0.25) is 4.90 Å². The summed E-state index contributed by atoms with van der Waals surface area (Å²) < 4.78 is 5.35. The van der Waals surface area contributed by atoms with Crippen molar-refractivity contribution in [1.29, 1.82) is 0 Å². The van der Waals surface area contributed by atoms with Crippen LogP contribution in [0.25, 0.3) is 0 Å². The standard InChI is InChI=1S/C13H20N2O2/c1-15(12-4-6-17-7-5-12)9-10-8-11(14)2-3-13(10)16/h2-3,8,12,16H,4-7,9,14H2,1H3. The Bertz CT molecular complexity index is 376. The smallest absolute Gasteiger partial charge is 0.120 e. The summed E-state index contributed by atoms with van der Waals surface area (Å²) in [6, 6.07) is 5.74. The Balaban J connectivity index is 2.01. The molecule has 1 aliphatic rings. The van der Waals surface area contributed by atoms with Crippen molar-refractivity contribution in [1.82, 2.24) is 4.90 Å². The fourth-order valence-corrected chi connectivity index (χ4v) is 2.26. The van der Waals surface area contributed by atoms with Crippen LogP contribution in [-0.2, 0) is 11.3 Å². The minimum atomic E-state index is 0.318. The van der Waals surface area contributed by atoms with Crippen molar-refractivity contribution in [3.05, 3.63) is 23.8 Å². The molecule has 0 radical (unpaired) electrons. The first-order valence-electron chi connectivity index (χ1n) is 6.02. The van der Waals surface area contributed by atoms with Crippen molar-refractivity contribution in [2.75, 3.05) is 26.0 Å². The molecule has 0 saturated carbocycles. The second-order valence-corrected chi connectivity index (χ2v) is 4.65. The van der Waals surface area contributed by atoms with Crippen LogP contribution in [0.3, 0.4) is 0 Å². The molecular formula is C13H20N2O2. The van der Waals surface area contributed by atoms with Crippen LogP contribution in [0.4, 0.5) is 5.69 Å². The Morgan fingerprint density at radius 2 is 2.12 bits per heavy atom. The lowest BCUT2D eigenvalue weighted by atomic mass is 10.1. The number of aromatic hydroxyl groups is 1. The fraction of sp³-hybridized carbons (Fsp3) is 0.538. The van der Waals surface area contributed by atoms with Gasteiger partial charge in [0.05, 0.1) is 0 Å². The molecule has 0 aromatic heterocycles. The van der Waals surface area contributed by atoms with E-state index >= 15 is 0 Å². The summed E-state index contributed by atoms with van der Waals surface area (Å²) in [6.07, 6.45) is 2.11. The van der Waals surface area contributed by atoms with Crippen LogP contribution in [0.2, 0.25) is 0 Å². The number of hydrogen-bond acceptors (Lipinski definition) is 4. The van der Waals surface area contributed by atoms with Crippen molar-refractivity contribution in [2.24, 2.45) is 0 Å². The average Bonchev–Trinajstić information content (AvgIpc) is 2.35. The lowest BCUT2D eigenvalue weighted by Gasteiger charge is -2.31. The molecule has 4 heteroatoms. The summed E-state index contributed by atoms with van der Waals surface area (Å²) in [5.74, 6) is 0.318. The molecule has 0 aliphatic carbocycles. The monoisotopic (exact) mass is 236 g/mol. The van der Waals surface area contributed by atoms with Crippen LogP contribution >= 0.6 is 0 Å². The predicted molar refractivity (Wildman–Crippen MR) is 67.8 cm³/mol. The van der Waals surface area contributed by atoms with Gasteiger partial charge in [-0.1, -0.05) is 0 Å². The molecule has 1 aromatic rings. The molecule has 0 spiro atoms. The van der Waals surface area contributed by atoms with Gasteiger partial charge in [0.1, 0.15) is 5.75 Å². The number of rotatable bonds is 3. The highest BCUT2D eigenvalue weighted by Crippen LogP contribution is 2.23. The zero-order chi connectivity index (χ0) is 12.3. The van der Waals surface area contributed by atoms with E-state index in [-0.39, 0.29) is 0 Å². The minimum Gasteiger partial charge on any atom is -0.508 e. The SMILES string of the molecule is CN(Cc1cc(N)ccc1O)C1CCOCC1. The molecule has 0 bridgehead atoms. The minimum absolute atomic E-state index is 0.318. The molecule has 2 rings (SSSR count). The molecule has 1 saturated heterocycles. The van der Waals surface area contributed by atoms with Crippen molar-refractivity contribution < 1.29 is 9.84 Å². The average molecular weight is 236 g/mol. The molecule has 0 unspecified atom stereocenters. The summed E-state index contributed by atoms with van der Waals surface area (Å²) in [5.41, 5.74) is 7.31. The lowest BCUT2D eigenvalue weighted by Crippen LogP contribution is -2.36. The Kier molecular flexibility index (Phi) is 3.86. The molecule has 0 atom stereocenters. The number of nitrogens with zero attached hydrogens (tertiary/aromatic N) is 1. The van der Waals surface area contributed by atoms with E-state index < -0.39 is 0 Å². The maximum atomic E-state index is 9.78. The summed E-state index contributed by atoms with van der Waals surface area (Å²) in [7, 11) is 2.08. The number of ether oxygens (including phenoxy) is 1. The van der Waals surface area contributed by atoms with Gasteiger partial charge in [0, 0.05) is 37.1 Å². The molecule has 17 heavy (non-hydrogen) atoms. The number of benzene rings is 1. The topological polar surface area (TPSA) is 58.7 Å². The van der Waals surface area contributed by atoms with E-state index in [0.717, 1.165) is 38.2 Å². The van der Waals surface area contributed by atoms with Gasteiger partial charge in [-0.25, -0.2) is 0 Å². The van der Waals surface area contributed by atoms with Gasteiger partial charge in [-0.2, -0.15) is 0 Å². The van der Waals surface area contributed by atoms with E-state index in [2.05, 4.69) is 11.9 Å². The molecule has 0 amide bonds. The van der Waals surface area contributed by atoms with Gasteiger partial charge < -0.3 is 15.6 Å². The first-order chi connectivity index (χ1) is 8.16. The van der Waals surface area contributed by atoms with Gasteiger partial charge in [-0.05, 0) is 38.1 Å². The molecule has 94 valence electrons. The third-order valence-corrected chi connectivity index (χ3v) is 3.34. The van der Waals surface area contributed by atoms with Crippen molar-refractivity contribution >= 4 is 5.69 Å². The van der Waals surface area contributed by atoms with Gasteiger partial charge in [0.25, 0.3) is 0 Å². The molecule has 1 fully saturated rings. The van der Waals surface area contributed by atoms with Crippen LogP contribution in [0, 0.1) is 0 Å². The van der Waals surface area contributed by atoms with E-state index in [1.54, 1.807) is 12.1 Å². The highest BCUT2D eigenvalue weighted by molar-refractivity contribution is 5.47. The largest absolute Gasteiger partial charge is 0.508 e. The molecular weight excluding hydrogens is 216 g/mol. The van der Waals surface area contributed by atoms with Gasteiger partial charge in [0.2, 0.25) is 0 Å². The molecule has 1 heterocycles. The Hall–Kier alpha value is -1.26. The highest BCUT2D eigenvalue weighted by atomic mass is 16.5.